The average molecular weight is 322 g/mol. The van der Waals surface area contributed by atoms with Crippen LogP contribution in [-0.2, 0) is 0 Å². The van der Waals surface area contributed by atoms with E-state index in [1.54, 1.807) is 24.4 Å². The highest BCUT2D eigenvalue weighted by molar-refractivity contribution is 9.10. The van der Waals surface area contributed by atoms with Gasteiger partial charge in [-0.15, -0.1) is 0 Å². The van der Waals surface area contributed by atoms with E-state index in [1.165, 1.54) is 6.07 Å². The summed E-state index contributed by atoms with van der Waals surface area (Å²) in [6, 6.07) is 6.81. The Kier molecular flexibility index (Phi) is 3.33. The molecule has 1 aliphatic carbocycles. The zero-order valence-corrected chi connectivity index (χ0v) is 11.8. The van der Waals surface area contributed by atoms with E-state index >= 15 is 0 Å². The van der Waals surface area contributed by atoms with E-state index in [9.17, 15) is 4.39 Å². The van der Waals surface area contributed by atoms with E-state index in [0.29, 0.717) is 17.2 Å². The molecule has 1 aliphatic rings. The van der Waals surface area contributed by atoms with Crippen LogP contribution in [0.2, 0.25) is 0 Å². The molecule has 0 amide bonds. The minimum absolute atomic E-state index is 0.250. The third kappa shape index (κ3) is 2.53. The fourth-order valence-electron chi connectivity index (χ4n) is 2.29. The number of hydrogen-bond donors (Lipinski definition) is 1. The van der Waals surface area contributed by atoms with Crippen molar-refractivity contribution in [2.24, 2.45) is 5.73 Å². The van der Waals surface area contributed by atoms with Gasteiger partial charge in [0, 0.05) is 28.2 Å². The first kappa shape index (κ1) is 12.7. The predicted octanol–water partition coefficient (Wildman–Crippen LogP) is 3.25. The quantitative estimate of drug-likeness (QED) is 0.923. The second-order valence-corrected chi connectivity index (χ2v) is 5.77. The molecular weight excluding hydrogens is 309 g/mol. The Hall–Kier alpha value is -1.33. The Morgan fingerprint density at radius 1 is 1.26 bits per heavy atom. The zero-order valence-electron chi connectivity index (χ0n) is 10.2. The number of nitrogens with zero attached hydrogens (tertiary/aromatic N) is 2. The molecule has 3 nitrogen and oxygen atoms in total. The first-order valence-electron chi connectivity index (χ1n) is 6.17. The summed E-state index contributed by atoms with van der Waals surface area (Å²) >= 11 is 3.35. The van der Waals surface area contributed by atoms with Gasteiger partial charge in [-0.3, -0.25) is 0 Å². The lowest BCUT2D eigenvalue weighted by atomic mass is 9.80. The van der Waals surface area contributed by atoms with E-state index < -0.39 is 0 Å². The molecule has 19 heavy (non-hydrogen) atoms. The van der Waals surface area contributed by atoms with Gasteiger partial charge >= 0.3 is 0 Å². The molecule has 0 aliphatic heterocycles. The minimum atomic E-state index is -0.279. The van der Waals surface area contributed by atoms with Gasteiger partial charge in [-0.2, -0.15) is 0 Å². The van der Waals surface area contributed by atoms with Crippen LogP contribution in [0, 0.1) is 5.82 Å². The monoisotopic (exact) mass is 321 g/mol. The predicted molar refractivity (Wildman–Crippen MR) is 75.1 cm³/mol. The molecule has 0 spiro atoms. The van der Waals surface area contributed by atoms with Crippen LogP contribution in [0.4, 0.5) is 4.39 Å². The topological polar surface area (TPSA) is 51.8 Å². The van der Waals surface area contributed by atoms with Crippen LogP contribution < -0.4 is 5.73 Å². The molecule has 98 valence electrons. The number of nitrogens with two attached hydrogens (primary N) is 1. The average Bonchev–Trinajstić information content (AvgIpc) is 2.38. The van der Waals surface area contributed by atoms with Crippen molar-refractivity contribution in [1.82, 2.24) is 9.97 Å². The SMILES string of the molecule is NC1CC(c2nccc(-c3cc(Br)ccc3F)n2)C1. The molecule has 0 bridgehead atoms. The molecule has 1 saturated carbocycles. The van der Waals surface area contributed by atoms with Crippen LogP contribution in [0.25, 0.3) is 11.3 Å². The molecule has 1 aromatic heterocycles. The smallest absolute Gasteiger partial charge is 0.132 e. The van der Waals surface area contributed by atoms with E-state index in [0.717, 1.165) is 23.1 Å². The van der Waals surface area contributed by atoms with Gasteiger partial charge in [0.05, 0.1) is 5.69 Å². The molecule has 0 saturated heterocycles. The summed E-state index contributed by atoms with van der Waals surface area (Å²) in [5.41, 5.74) is 6.88. The summed E-state index contributed by atoms with van der Waals surface area (Å²) in [5.74, 6) is 0.793. The third-order valence-corrected chi connectivity index (χ3v) is 3.91. The zero-order chi connectivity index (χ0) is 13.4. The molecule has 2 aromatic rings. The normalized spacial score (nSPS) is 22.1. The summed E-state index contributed by atoms with van der Waals surface area (Å²) in [7, 11) is 0. The van der Waals surface area contributed by atoms with Gasteiger partial charge in [0.15, 0.2) is 0 Å². The van der Waals surface area contributed by atoms with Gasteiger partial charge in [0.1, 0.15) is 11.6 Å². The first-order chi connectivity index (χ1) is 9.13. The molecule has 1 heterocycles. The summed E-state index contributed by atoms with van der Waals surface area (Å²) in [5, 5.41) is 0. The second kappa shape index (κ2) is 4.98. The van der Waals surface area contributed by atoms with Gasteiger partial charge < -0.3 is 5.73 Å². The summed E-state index contributed by atoms with van der Waals surface area (Å²) in [6.07, 6.45) is 3.50. The Morgan fingerprint density at radius 2 is 2.05 bits per heavy atom. The van der Waals surface area contributed by atoms with Crippen LogP contribution in [0.15, 0.2) is 34.9 Å². The van der Waals surface area contributed by atoms with Crippen molar-refractivity contribution < 1.29 is 4.39 Å². The first-order valence-corrected chi connectivity index (χ1v) is 6.97. The van der Waals surface area contributed by atoms with Gasteiger partial charge in [-0.1, -0.05) is 15.9 Å². The number of benzene rings is 1. The molecule has 1 aromatic carbocycles. The third-order valence-electron chi connectivity index (χ3n) is 3.42. The maximum atomic E-state index is 13.8. The Labute approximate surface area is 119 Å². The van der Waals surface area contributed by atoms with Crippen molar-refractivity contribution in [3.63, 3.8) is 0 Å². The van der Waals surface area contributed by atoms with E-state index in [-0.39, 0.29) is 11.9 Å². The lowest BCUT2D eigenvalue weighted by Gasteiger charge is -2.31. The molecule has 3 rings (SSSR count). The van der Waals surface area contributed by atoms with Crippen molar-refractivity contribution in [2.75, 3.05) is 0 Å². The Balaban J connectivity index is 1.96. The summed E-state index contributed by atoms with van der Waals surface area (Å²) in [6.45, 7) is 0. The van der Waals surface area contributed by atoms with Crippen molar-refractivity contribution in [1.29, 1.82) is 0 Å². The molecule has 0 atom stereocenters. The maximum absolute atomic E-state index is 13.8. The highest BCUT2D eigenvalue weighted by Crippen LogP contribution is 2.34. The maximum Gasteiger partial charge on any atom is 0.132 e. The van der Waals surface area contributed by atoms with Crippen molar-refractivity contribution in [2.45, 2.75) is 24.8 Å². The molecule has 1 fully saturated rings. The van der Waals surface area contributed by atoms with E-state index in [4.69, 9.17) is 5.73 Å². The van der Waals surface area contributed by atoms with Crippen LogP contribution in [-0.4, -0.2) is 16.0 Å². The van der Waals surface area contributed by atoms with Crippen LogP contribution >= 0.6 is 15.9 Å². The van der Waals surface area contributed by atoms with Crippen molar-refractivity contribution >= 4 is 15.9 Å². The summed E-state index contributed by atoms with van der Waals surface area (Å²) < 4.78 is 14.7. The number of aromatic nitrogens is 2. The Morgan fingerprint density at radius 3 is 2.79 bits per heavy atom. The van der Waals surface area contributed by atoms with Crippen molar-refractivity contribution in [3.8, 4) is 11.3 Å². The number of hydrogen-bond acceptors (Lipinski definition) is 3. The van der Waals surface area contributed by atoms with Crippen molar-refractivity contribution in [3.05, 3.63) is 46.6 Å². The fourth-order valence-corrected chi connectivity index (χ4v) is 2.65. The highest BCUT2D eigenvalue weighted by Gasteiger charge is 2.29. The van der Waals surface area contributed by atoms with Gasteiger partial charge in [-0.05, 0) is 37.1 Å². The molecular formula is C14H13BrFN3. The van der Waals surface area contributed by atoms with Gasteiger partial charge in [-0.25, -0.2) is 14.4 Å². The number of halogens is 2. The molecule has 2 N–H and O–H groups in total. The van der Waals surface area contributed by atoms with E-state index in [1.807, 2.05) is 0 Å². The van der Waals surface area contributed by atoms with Crippen LogP contribution in [0.5, 0.6) is 0 Å². The largest absolute Gasteiger partial charge is 0.328 e. The lowest BCUT2D eigenvalue weighted by molar-refractivity contribution is 0.338. The van der Waals surface area contributed by atoms with Gasteiger partial charge in [0.25, 0.3) is 0 Å². The minimum Gasteiger partial charge on any atom is -0.328 e. The standard InChI is InChI=1S/C14H13BrFN3/c15-9-1-2-12(16)11(7-9)13-3-4-18-14(19-13)8-5-10(17)6-8/h1-4,7-8,10H,5-6,17H2. The Bertz CT molecular complexity index is 611. The lowest BCUT2D eigenvalue weighted by Crippen LogP contribution is -2.35. The summed E-state index contributed by atoms with van der Waals surface area (Å²) in [4.78, 5) is 8.75. The van der Waals surface area contributed by atoms with Gasteiger partial charge in [0.2, 0.25) is 0 Å². The van der Waals surface area contributed by atoms with E-state index in [2.05, 4.69) is 25.9 Å². The highest BCUT2D eigenvalue weighted by atomic mass is 79.9. The fraction of sp³-hybridized carbons (Fsp3) is 0.286. The molecule has 5 heteroatoms. The second-order valence-electron chi connectivity index (χ2n) is 4.85. The van der Waals surface area contributed by atoms with Crippen LogP contribution in [0.3, 0.4) is 0 Å². The van der Waals surface area contributed by atoms with Crippen LogP contribution in [0.1, 0.15) is 24.6 Å². The molecule has 0 unspecified atom stereocenters. The number of rotatable bonds is 2. The molecule has 0 radical (unpaired) electrons.